The summed E-state index contributed by atoms with van der Waals surface area (Å²) in [5.41, 5.74) is 3.89. The van der Waals surface area contributed by atoms with E-state index in [1.807, 2.05) is 24.7 Å². The molecule has 9 heteroatoms. The van der Waals surface area contributed by atoms with Crippen molar-refractivity contribution in [2.75, 3.05) is 43.4 Å². The smallest absolute Gasteiger partial charge is 0.223 e. The molecule has 160 valence electrons. The Balaban J connectivity index is 1.45. The minimum Gasteiger partial charge on any atom is -0.351 e. The van der Waals surface area contributed by atoms with Crippen molar-refractivity contribution < 1.29 is 0 Å². The molecule has 1 saturated heterocycles. The van der Waals surface area contributed by atoms with Crippen molar-refractivity contribution >= 4 is 28.8 Å². The van der Waals surface area contributed by atoms with Crippen molar-refractivity contribution in [1.29, 1.82) is 0 Å². The fraction of sp³-hybridized carbons (Fsp3) is 0.364. The highest BCUT2D eigenvalue weighted by Gasteiger charge is 2.20. The molecule has 1 aliphatic heterocycles. The molecule has 1 fully saturated rings. The van der Waals surface area contributed by atoms with Gasteiger partial charge in [0.2, 0.25) is 5.95 Å². The standard InChI is InChI=1S/C22H26N8S/c1-3-17(16-5-13-31-15-16)26-22-24-6-4-18(27-22)19-14-25-21-20(23-7-8-30(19)21)29-11-9-28(2)10-12-29/h4-8,13-15,17H,3,9-12H2,1-2H3,(H,24,26,27). The number of thiophene rings is 1. The van der Waals surface area contributed by atoms with Crippen LogP contribution in [0.5, 0.6) is 0 Å². The quantitative estimate of drug-likeness (QED) is 0.497. The van der Waals surface area contributed by atoms with Gasteiger partial charge in [-0.15, -0.1) is 0 Å². The maximum Gasteiger partial charge on any atom is 0.223 e. The van der Waals surface area contributed by atoms with Crippen molar-refractivity contribution in [3.05, 3.63) is 53.2 Å². The van der Waals surface area contributed by atoms with Gasteiger partial charge in [-0.05, 0) is 41.9 Å². The number of nitrogens with zero attached hydrogens (tertiary/aromatic N) is 7. The van der Waals surface area contributed by atoms with E-state index in [9.17, 15) is 0 Å². The molecule has 0 aliphatic carbocycles. The average Bonchev–Trinajstić information content (AvgIpc) is 3.48. The fourth-order valence-corrected chi connectivity index (χ4v) is 4.67. The Morgan fingerprint density at radius 2 is 1.97 bits per heavy atom. The number of imidazole rings is 1. The summed E-state index contributed by atoms with van der Waals surface area (Å²) in [5, 5.41) is 7.75. The van der Waals surface area contributed by atoms with Crippen molar-refractivity contribution in [1.82, 2.24) is 29.2 Å². The molecule has 8 nitrogen and oxygen atoms in total. The number of rotatable bonds is 6. The second-order valence-corrected chi connectivity index (χ2v) is 8.59. The lowest BCUT2D eigenvalue weighted by molar-refractivity contribution is 0.312. The molecular weight excluding hydrogens is 408 g/mol. The Morgan fingerprint density at radius 3 is 2.74 bits per heavy atom. The highest BCUT2D eigenvalue weighted by atomic mass is 32.1. The molecule has 1 aliphatic rings. The van der Waals surface area contributed by atoms with Crippen LogP contribution in [-0.2, 0) is 0 Å². The van der Waals surface area contributed by atoms with Gasteiger partial charge in [-0.3, -0.25) is 4.40 Å². The van der Waals surface area contributed by atoms with Crippen LogP contribution >= 0.6 is 11.3 Å². The van der Waals surface area contributed by atoms with Crippen LogP contribution in [0.1, 0.15) is 24.9 Å². The summed E-state index contributed by atoms with van der Waals surface area (Å²) >= 11 is 1.70. The summed E-state index contributed by atoms with van der Waals surface area (Å²) in [6.45, 7) is 6.12. The molecule has 0 bridgehead atoms. The van der Waals surface area contributed by atoms with E-state index in [1.165, 1.54) is 5.56 Å². The van der Waals surface area contributed by atoms with Crippen LogP contribution in [0, 0.1) is 0 Å². The van der Waals surface area contributed by atoms with Gasteiger partial charge >= 0.3 is 0 Å². The molecular formula is C22H26N8S. The molecule has 1 atom stereocenters. The lowest BCUT2D eigenvalue weighted by Gasteiger charge is -2.33. The number of nitrogens with one attached hydrogen (secondary N) is 1. The predicted octanol–water partition coefficient (Wildman–Crippen LogP) is 3.56. The van der Waals surface area contributed by atoms with E-state index >= 15 is 0 Å². The van der Waals surface area contributed by atoms with Gasteiger partial charge in [-0.2, -0.15) is 11.3 Å². The third-order valence-corrected chi connectivity index (χ3v) is 6.49. The number of piperazine rings is 1. The third kappa shape index (κ3) is 3.98. The Labute approximate surface area is 185 Å². The number of hydrogen-bond acceptors (Lipinski definition) is 8. The van der Waals surface area contributed by atoms with Crippen molar-refractivity contribution in [3.63, 3.8) is 0 Å². The Kier molecular flexibility index (Phi) is 5.52. The molecule has 5 rings (SSSR count). The van der Waals surface area contributed by atoms with Crippen molar-refractivity contribution in [2.24, 2.45) is 0 Å². The Morgan fingerprint density at radius 1 is 1.10 bits per heavy atom. The summed E-state index contributed by atoms with van der Waals surface area (Å²) in [5.74, 6) is 1.55. The topological polar surface area (TPSA) is 74.5 Å². The van der Waals surface area contributed by atoms with Gasteiger partial charge in [0.1, 0.15) is 0 Å². The number of likely N-dealkylation sites (N-methyl/N-ethyl adjacent to an activating group) is 1. The van der Waals surface area contributed by atoms with Crippen LogP contribution in [0.3, 0.4) is 0 Å². The summed E-state index contributed by atoms with van der Waals surface area (Å²) in [7, 11) is 2.15. The molecule has 4 aromatic heterocycles. The van der Waals surface area contributed by atoms with Crippen LogP contribution < -0.4 is 10.2 Å². The molecule has 0 amide bonds. The van der Waals surface area contributed by atoms with Gasteiger partial charge in [-0.25, -0.2) is 19.9 Å². The zero-order valence-electron chi connectivity index (χ0n) is 17.8. The first-order valence-electron chi connectivity index (χ1n) is 10.6. The van der Waals surface area contributed by atoms with Gasteiger partial charge < -0.3 is 15.1 Å². The van der Waals surface area contributed by atoms with Gasteiger partial charge in [0, 0.05) is 44.8 Å². The first-order valence-corrected chi connectivity index (χ1v) is 11.5. The molecule has 31 heavy (non-hydrogen) atoms. The van der Waals surface area contributed by atoms with Crippen LogP contribution in [-0.4, -0.2) is 62.5 Å². The monoisotopic (exact) mass is 434 g/mol. The molecule has 1 N–H and O–H groups in total. The van der Waals surface area contributed by atoms with E-state index in [0.717, 1.165) is 55.5 Å². The number of aromatic nitrogens is 5. The molecule has 0 aromatic carbocycles. The first kappa shape index (κ1) is 19.9. The van der Waals surface area contributed by atoms with Crippen LogP contribution in [0.4, 0.5) is 11.8 Å². The molecule has 5 heterocycles. The van der Waals surface area contributed by atoms with Gasteiger partial charge in [0.25, 0.3) is 0 Å². The minimum absolute atomic E-state index is 0.191. The van der Waals surface area contributed by atoms with Gasteiger partial charge in [0.15, 0.2) is 11.5 Å². The van der Waals surface area contributed by atoms with Gasteiger partial charge in [-0.1, -0.05) is 6.92 Å². The average molecular weight is 435 g/mol. The SMILES string of the molecule is CCC(Nc1nccc(-c2cnc3c(N4CCN(C)CC4)nccn23)n1)c1ccsc1. The van der Waals surface area contributed by atoms with Crippen molar-refractivity contribution in [2.45, 2.75) is 19.4 Å². The van der Waals surface area contributed by atoms with Crippen molar-refractivity contribution in [3.8, 4) is 11.4 Å². The molecule has 4 aromatic rings. The highest BCUT2D eigenvalue weighted by molar-refractivity contribution is 7.08. The summed E-state index contributed by atoms with van der Waals surface area (Å²) in [4.78, 5) is 23.2. The van der Waals surface area contributed by atoms with E-state index in [0.29, 0.717) is 5.95 Å². The van der Waals surface area contributed by atoms with Gasteiger partial charge in [0.05, 0.1) is 23.6 Å². The van der Waals surface area contributed by atoms with E-state index in [2.05, 4.69) is 60.3 Å². The number of anilines is 2. The second-order valence-electron chi connectivity index (χ2n) is 7.81. The highest BCUT2D eigenvalue weighted by Crippen LogP contribution is 2.27. The van der Waals surface area contributed by atoms with Crippen LogP contribution in [0.2, 0.25) is 0 Å². The largest absolute Gasteiger partial charge is 0.351 e. The zero-order chi connectivity index (χ0) is 21.2. The summed E-state index contributed by atoms with van der Waals surface area (Å²) in [6, 6.07) is 4.26. The minimum atomic E-state index is 0.191. The number of hydrogen-bond donors (Lipinski definition) is 1. The van der Waals surface area contributed by atoms with E-state index in [1.54, 1.807) is 17.5 Å². The third-order valence-electron chi connectivity index (χ3n) is 5.79. The normalized spacial score (nSPS) is 16.0. The van der Waals surface area contributed by atoms with Crippen LogP contribution in [0.15, 0.2) is 47.7 Å². The number of fused-ring (bicyclic) bond motifs is 1. The maximum atomic E-state index is 4.79. The Hall–Kier alpha value is -3.04. The summed E-state index contributed by atoms with van der Waals surface area (Å²) in [6.07, 6.45) is 8.42. The maximum absolute atomic E-state index is 4.79. The zero-order valence-corrected chi connectivity index (χ0v) is 18.6. The lowest BCUT2D eigenvalue weighted by Crippen LogP contribution is -2.45. The first-order chi connectivity index (χ1) is 15.2. The van der Waals surface area contributed by atoms with E-state index in [4.69, 9.17) is 9.97 Å². The molecule has 0 spiro atoms. The Bertz CT molecular complexity index is 1150. The summed E-state index contributed by atoms with van der Waals surface area (Å²) < 4.78 is 2.07. The lowest BCUT2D eigenvalue weighted by atomic mass is 10.1. The molecule has 1 unspecified atom stereocenters. The van der Waals surface area contributed by atoms with E-state index < -0.39 is 0 Å². The van der Waals surface area contributed by atoms with E-state index in [-0.39, 0.29) is 6.04 Å². The second kappa shape index (κ2) is 8.60. The van der Waals surface area contributed by atoms with Crippen LogP contribution in [0.25, 0.3) is 17.0 Å². The molecule has 0 saturated carbocycles. The predicted molar refractivity (Wildman–Crippen MR) is 125 cm³/mol. The fourth-order valence-electron chi connectivity index (χ4n) is 3.96. The molecule has 0 radical (unpaired) electrons.